The molecule has 0 amide bonds. The number of benzene rings is 2. The van der Waals surface area contributed by atoms with E-state index >= 15 is 0 Å². The van der Waals surface area contributed by atoms with Crippen LogP contribution in [0.15, 0.2) is 58.8 Å². The Morgan fingerprint density at radius 3 is 1.49 bits per heavy atom. The highest BCUT2D eigenvalue weighted by Crippen LogP contribution is 2.40. The first-order chi connectivity index (χ1) is 24.6. The second kappa shape index (κ2) is 13.7. The molecule has 0 fully saturated rings. The molecule has 4 aromatic rings. The van der Waals surface area contributed by atoms with Gasteiger partial charge in [-0.2, -0.15) is 36.5 Å². The van der Waals surface area contributed by atoms with Crippen LogP contribution in [0.2, 0.25) is 0 Å². The minimum absolute atomic E-state index is 0.138. The second-order valence-electron chi connectivity index (χ2n) is 13.0. The van der Waals surface area contributed by atoms with Crippen molar-refractivity contribution < 1.29 is 55.5 Å². The minimum atomic E-state index is -4.55. The number of esters is 1. The van der Waals surface area contributed by atoms with Gasteiger partial charge in [-0.1, -0.05) is 34.6 Å². The molecule has 18 heteroatoms. The van der Waals surface area contributed by atoms with Gasteiger partial charge in [-0.25, -0.2) is 9.59 Å². The van der Waals surface area contributed by atoms with E-state index in [0.717, 1.165) is 27.1 Å². The van der Waals surface area contributed by atoms with E-state index in [1.165, 1.54) is 27.3 Å². The number of halogens is 6. The molecular formula is C35H34F6N6O6. The Morgan fingerprint density at radius 1 is 0.736 bits per heavy atom. The maximum absolute atomic E-state index is 12.9. The van der Waals surface area contributed by atoms with E-state index in [9.17, 15) is 41.0 Å². The summed E-state index contributed by atoms with van der Waals surface area (Å²) in [4.78, 5) is 34.1. The van der Waals surface area contributed by atoms with Gasteiger partial charge in [-0.05, 0) is 63.1 Å². The van der Waals surface area contributed by atoms with E-state index in [1.807, 2.05) is 0 Å². The van der Waals surface area contributed by atoms with Crippen molar-refractivity contribution in [1.82, 2.24) is 19.6 Å². The number of hydrogen-bond donors (Lipinski definition) is 1. The summed E-state index contributed by atoms with van der Waals surface area (Å²) in [5, 5.41) is 24.3. The van der Waals surface area contributed by atoms with Crippen molar-refractivity contribution in [3.05, 3.63) is 105 Å². The topological polar surface area (TPSA) is 142 Å². The monoisotopic (exact) mass is 748 g/mol. The number of aromatic carboxylic acids is 1. The number of aryl methyl sites for hydroxylation is 4. The van der Waals surface area contributed by atoms with Crippen LogP contribution in [0.1, 0.15) is 92.4 Å². The van der Waals surface area contributed by atoms with Crippen LogP contribution in [0.4, 0.5) is 26.3 Å². The predicted molar refractivity (Wildman–Crippen MR) is 176 cm³/mol. The number of carboxylic acids is 1. The number of aromatic nitrogens is 4. The smallest absolute Gasteiger partial charge is 0.435 e. The van der Waals surface area contributed by atoms with Crippen molar-refractivity contribution >= 4 is 23.4 Å². The summed E-state index contributed by atoms with van der Waals surface area (Å²) in [6.07, 6.45) is -8.68. The number of carboxylic acid groups (broad SMARTS) is 1. The minimum Gasteiger partial charge on any atom is -0.478 e. The van der Waals surface area contributed by atoms with Crippen molar-refractivity contribution in [2.24, 2.45) is 24.4 Å². The molecule has 2 aromatic heterocycles. The van der Waals surface area contributed by atoms with Gasteiger partial charge in [0.15, 0.2) is 22.6 Å². The molecule has 53 heavy (non-hydrogen) atoms. The van der Waals surface area contributed by atoms with Crippen molar-refractivity contribution in [3.63, 3.8) is 0 Å². The quantitative estimate of drug-likeness (QED) is 0.163. The van der Waals surface area contributed by atoms with E-state index in [0.29, 0.717) is 33.7 Å². The van der Waals surface area contributed by atoms with Crippen LogP contribution in [0.25, 0.3) is 0 Å². The van der Waals surface area contributed by atoms with Crippen LogP contribution in [-0.4, -0.2) is 55.1 Å². The standard InChI is InChI=1S/C18H18F3N3O3.C17H16F3N3O3/c1-10-5-6-11(7-12(10)16(25)26-4)13-9-17(2,27-23-13)15-8-14(18(19,20)21)22-24(15)3;1-9-4-5-10(6-11(9)15(24)25)12-8-16(2,26-22-12)14-7-13(17(18,19)20)21-23(14)3/h5-8H,9H2,1-4H3;4-7H,8H2,1-3H3,(H,24,25). The molecule has 2 aliphatic rings. The molecule has 0 radical (unpaired) electrons. The highest BCUT2D eigenvalue weighted by Gasteiger charge is 2.44. The van der Waals surface area contributed by atoms with Gasteiger partial charge in [-0.3, -0.25) is 9.36 Å². The molecule has 0 aliphatic carbocycles. The van der Waals surface area contributed by atoms with Gasteiger partial charge in [0, 0.05) is 38.1 Å². The van der Waals surface area contributed by atoms with E-state index in [2.05, 4.69) is 20.5 Å². The zero-order valence-corrected chi connectivity index (χ0v) is 29.5. The zero-order chi connectivity index (χ0) is 39.3. The Hall–Kier alpha value is -5.68. The third-order valence-electron chi connectivity index (χ3n) is 8.93. The van der Waals surface area contributed by atoms with Gasteiger partial charge in [-0.15, -0.1) is 0 Å². The van der Waals surface area contributed by atoms with E-state index in [4.69, 9.17) is 14.4 Å². The average Bonchev–Trinajstić information content (AvgIpc) is 3.87. The first-order valence-corrected chi connectivity index (χ1v) is 15.8. The Bertz CT molecular complexity index is 2150. The molecule has 6 rings (SSSR count). The molecule has 2 aromatic carbocycles. The van der Waals surface area contributed by atoms with Gasteiger partial charge < -0.3 is 19.5 Å². The molecule has 2 aliphatic heterocycles. The van der Waals surface area contributed by atoms with Crippen LogP contribution >= 0.6 is 0 Å². The number of ether oxygens (including phenoxy) is 1. The molecule has 12 nitrogen and oxygen atoms in total. The van der Waals surface area contributed by atoms with Crippen LogP contribution in [0.3, 0.4) is 0 Å². The van der Waals surface area contributed by atoms with Crippen molar-refractivity contribution in [1.29, 1.82) is 0 Å². The Morgan fingerprint density at radius 2 is 1.13 bits per heavy atom. The number of nitrogens with zero attached hydrogens (tertiary/aromatic N) is 6. The molecule has 0 saturated carbocycles. The first-order valence-electron chi connectivity index (χ1n) is 15.8. The van der Waals surface area contributed by atoms with Gasteiger partial charge in [0.1, 0.15) is 0 Å². The molecular weight excluding hydrogens is 714 g/mol. The molecule has 0 spiro atoms. The first kappa shape index (κ1) is 38.5. The fourth-order valence-corrected chi connectivity index (χ4v) is 6.03. The highest BCUT2D eigenvalue weighted by molar-refractivity contribution is 6.04. The highest BCUT2D eigenvalue weighted by atomic mass is 19.4. The fraction of sp³-hybridized carbons (Fsp3) is 0.371. The largest absolute Gasteiger partial charge is 0.478 e. The number of carbonyl (C=O) groups is 2. The van der Waals surface area contributed by atoms with Crippen molar-refractivity contribution in [3.8, 4) is 0 Å². The molecule has 2 atom stereocenters. The van der Waals surface area contributed by atoms with Crippen molar-refractivity contribution in [2.45, 2.75) is 64.1 Å². The van der Waals surface area contributed by atoms with Crippen LogP contribution < -0.4 is 0 Å². The zero-order valence-electron chi connectivity index (χ0n) is 29.5. The molecule has 0 bridgehead atoms. The third kappa shape index (κ3) is 7.75. The van der Waals surface area contributed by atoms with E-state index in [-0.39, 0.29) is 29.8 Å². The lowest BCUT2D eigenvalue weighted by Crippen LogP contribution is -2.25. The molecule has 0 saturated heterocycles. The van der Waals surface area contributed by atoms with E-state index < -0.39 is 46.9 Å². The summed E-state index contributed by atoms with van der Waals surface area (Å²) in [5.74, 6) is -1.54. The number of rotatable bonds is 6. The molecule has 2 unspecified atom stereocenters. The number of carbonyl (C=O) groups excluding carboxylic acids is 1. The normalized spacial score (nSPS) is 19.8. The summed E-state index contributed by atoms with van der Waals surface area (Å²) in [6.45, 7) is 6.73. The van der Waals surface area contributed by atoms with Crippen LogP contribution in [0, 0.1) is 13.8 Å². The van der Waals surface area contributed by atoms with Gasteiger partial charge in [0.25, 0.3) is 0 Å². The summed E-state index contributed by atoms with van der Waals surface area (Å²) < 4.78 is 84.5. The SMILES string of the molecule is COC(=O)c1cc(C2=NOC(C)(c3cc(C(F)(F)F)nn3C)C2)ccc1C.Cc1ccc(C2=NOC(C)(c3cc(C(F)(F)F)nn3C)C2)cc1C(=O)O. The van der Waals surface area contributed by atoms with Gasteiger partial charge >= 0.3 is 24.3 Å². The van der Waals surface area contributed by atoms with Gasteiger partial charge in [0.05, 0.1) is 41.0 Å². The van der Waals surface area contributed by atoms with Crippen LogP contribution in [0.5, 0.6) is 0 Å². The summed E-state index contributed by atoms with van der Waals surface area (Å²) in [7, 11) is 4.13. The Labute approximate surface area is 298 Å². The summed E-state index contributed by atoms with van der Waals surface area (Å²) in [6, 6.07) is 11.9. The molecule has 282 valence electrons. The average molecular weight is 749 g/mol. The molecule has 1 N–H and O–H groups in total. The second-order valence-corrected chi connectivity index (χ2v) is 13.0. The lowest BCUT2D eigenvalue weighted by atomic mass is 9.91. The molecule has 4 heterocycles. The maximum atomic E-state index is 12.9. The van der Waals surface area contributed by atoms with Gasteiger partial charge in [0.2, 0.25) is 0 Å². The summed E-state index contributed by atoms with van der Waals surface area (Å²) in [5.41, 5.74) is 0.330. The number of oxime groups is 2. The Balaban J connectivity index is 0.000000204. The lowest BCUT2D eigenvalue weighted by Gasteiger charge is -2.21. The third-order valence-corrected chi connectivity index (χ3v) is 8.93. The number of methoxy groups -OCH3 is 1. The van der Waals surface area contributed by atoms with Crippen LogP contribution in [-0.2, 0) is 52.1 Å². The summed E-state index contributed by atoms with van der Waals surface area (Å²) >= 11 is 0. The lowest BCUT2D eigenvalue weighted by molar-refractivity contribution is -0.142. The Kier molecular flexibility index (Phi) is 9.97. The maximum Gasteiger partial charge on any atom is 0.435 e. The fourth-order valence-electron chi connectivity index (χ4n) is 6.03. The van der Waals surface area contributed by atoms with E-state index in [1.54, 1.807) is 58.0 Å². The predicted octanol–water partition coefficient (Wildman–Crippen LogP) is 7.06. The van der Waals surface area contributed by atoms with Crippen molar-refractivity contribution in [2.75, 3.05) is 7.11 Å². The number of hydrogen-bond acceptors (Lipinski definition) is 9. The number of alkyl halides is 6.